The fourth-order valence-corrected chi connectivity index (χ4v) is 2.97. The summed E-state index contributed by atoms with van der Waals surface area (Å²) in [4.78, 5) is 6.64. The molecule has 0 bridgehead atoms. The average molecular weight is 281 g/mol. The smallest absolute Gasteiger partial charge is 0.108 e. The molecule has 0 spiro atoms. The lowest BCUT2D eigenvalue weighted by molar-refractivity contribution is -0.0773. The topological polar surface area (TPSA) is 50.5 Å². The first-order valence-electron chi connectivity index (χ1n) is 7.64. The van der Waals surface area contributed by atoms with Crippen LogP contribution in [0.2, 0.25) is 0 Å². The SMILES string of the molecule is CCCc1nccn1C[C@H](O)CN1C[C@@H](C)O[C@H](C)C1. The first-order chi connectivity index (χ1) is 9.58. The third-order valence-electron chi connectivity index (χ3n) is 3.65. The van der Waals surface area contributed by atoms with E-state index in [2.05, 4.69) is 35.2 Å². The van der Waals surface area contributed by atoms with Crippen molar-refractivity contribution in [1.29, 1.82) is 0 Å². The first kappa shape index (κ1) is 15.5. The molecule has 0 radical (unpaired) electrons. The minimum atomic E-state index is -0.364. The number of morpholine rings is 1. The number of ether oxygens (including phenoxy) is 1. The summed E-state index contributed by atoms with van der Waals surface area (Å²) >= 11 is 0. The van der Waals surface area contributed by atoms with Crippen LogP contribution in [-0.2, 0) is 17.7 Å². The summed E-state index contributed by atoms with van der Waals surface area (Å²) < 4.78 is 7.79. The van der Waals surface area contributed by atoms with Gasteiger partial charge in [0.2, 0.25) is 0 Å². The van der Waals surface area contributed by atoms with Gasteiger partial charge >= 0.3 is 0 Å². The van der Waals surface area contributed by atoms with Gasteiger partial charge in [-0.05, 0) is 20.3 Å². The van der Waals surface area contributed by atoms with Crippen molar-refractivity contribution in [1.82, 2.24) is 14.5 Å². The largest absolute Gasteiger partial charge is 0.390 e. The van der Waals surface area contributed by atoms with E-state index in [1.54, 1.807) is 0 Å². The van der Waals surface area contributed by atoms with Crippen LogP contribution in [0.4, 0.5) is 0 Å². The van der Waals surface area contributed by atoms with Crippen molar-refractivity contribution in [2.24, 2.45) is 0 Å². The van der Waals surface area contributed by atoms with Gasteiger partial charge in [-0.15, -0.1) is 0 Å². The molecule has 2 heterocycles. The van der Waals surface area contributed by atoms with Crippen molar-refractivity contribution in [3.63, 3.8) is 0 Å². The lowest BCUT2D eigenvalue weighted by Crippen LogP contribution is -2.48. The molecule has 1 aromatic rings. The zero-order valence-corrected chi connectivity index (χ0v) is 12.8. The third-order valence-corrected chi connectivity index (χ3v) is 3.65. The van der Waals surface area contributed by atoms with Crippen LogP contribution < -0.4 is 0 Å². The minimum absolute atomic E-state index is 0.245. The van der Waals surface area contributed by atoms with Gasteiger partial charge in [0.05, 0.1) is 24.9 Å². The van der Waals surface area contributed by atoms with E-state index < -0.39 is 0 Å². The molecule has 114 valence electrons. The van der Waals surface area contributed by atoms with Gasteiger partial charge in [-0.1, -0.05) is 6.92 Å². The summed E-state index contributed by atoms with van der Waals surface area (Å²) in [7, 11) is 0. The molecule has 0 saturated carbocycles. The van der Waals surface area contributed by atoms with E-state index in [1.807, 2.05) is 12.4 Å². The second kappa shape index (κ2) is 7.20. The maximum Gasteiger partial charge on any atom is 0.108 e. The van der Waals surface area contributed by atoms with Crippen LogP contribution in [0, 0.1) is 0 Å². The van der Waals surface area contributed by atoms with Gasteiger partial charge in [-0.25, -0.2) is 4.98 Å². The number of hydrogen-bond donors (Lipinski definition) is 1. The molecule has 0 unspecified atom stereocenters. The number of β-amino-alcohol motifs (C(OH)–C–C–N with tert-alkyl or cyclic N) is 1. The fraction of sp³-hybridized carbons (Fsp3) is 0.800. The number of imidazole rings is 1. The molecule has 0 aromatic carbocycles. The monoisotopic (exact) mass is 281 g/mol. The molecule has 1 N–H and O–H groups in total. The highest BCUT2D eigenvalue weighted by Crippen LogP contribution is 2.12. The number of rotatable bonds is 6. The van der Waals surface area contributed by atoms with E-state index in [0.717, 1.165) is 31.8 Å². The third kappa shape index (κ3) is 4.30. The van der Waals surface area contributed by atoms with Gasteiger partial charge in [0.25, 0.3) is 0 Å². The van der Waals surface area contributed by atoms with Crippen molar-refractivity contribution in [3.05, 3.63) is 18.2 Å². The quantitative estimate of drug-likeness (QED) is 0.854. The molecule has 5 heteroatoms. The predicted octanol–water partition coefficient (Wildman–Crippen LogP) is 1.31. The van der Waals surface area contributed by atoms with Gasteiger partial charge in [-0.2, -0.15) is 0 Å². The van der Waals surface area contributed by atoms with Crippen molar-refractivity contribution in [2.45, 2.75) is 58.5 Å². The van der Waals surface area contributed by atoms with Crippen LogP contribution in [0.3, 0.4) is 0 Å². The maximum atomic E-state index is 10.3. The number of aryl methyl sites for hydroxylation is 1. The van der Waals surface area contributed by atoms with E-state index in [9.17, 15) is 5.11 Å². The number of aliphatic hydroxyl groups is 1. The maximum absolute atomic E-state index is 10.3. The average Bonchev–Trinajstić information content (AvgIpc) is 2.75. The van der Waals surface area contributed by atoms with Crippen molar-refractivity contribution >= 4 is 0 Å². The van der Waals surface area contributed by atoms with Crippen molar-refractivity contribution in [2.75, 3.05) is 19.6 Å². The number of nitrogens with zero attached hydrogens (tertiary/aromatic N) is 3. The fourth-order valence-electron chi connectivity index (χ4n) is 2.97. The van der Waals surface area contributed by atoms with Gasteiger partial charge in [0.15, 0.2) is 0 Å². The number of aromatic nitrogens is 2. The molecule has 20 heavy (non-hydrogen) atoms. The van der Waals surface area contributed by atoms with Crippen LogP contribution in [0.5, 0.6) is 0 Å². The number of aliphatic hydroxyl groups excluding tert-OH is 1. The Bertz CT molecular complexity index is 398. The zero-order chi connectivity index (χ0) is 14.5. The second-order valence-electron chi connectivity index (χ2n) is 5.88. The Morgan fingerprint density at radius 3 is 2.70 bits per heavy atom. The van der Waals surface area contributed by atoms with E-state index in [4.69, 9.17) is 4.74 Å². The van der Waals surface area contributed by atoms with Gasteiger partial charge < -0.3 is 14.4 Å². The van der Waals surface area contributed by atoms with Crippen LogP contribution in [0.25, 0.3) is 0 Å². The lowest BCUT2D eigenvalue weighted by atomic mass is 10.2. The van der Waals surface area contributed by atoms with Crippen LogP contribution in [0.15, 0.2) is 12.4 Å². The summed E-state index contributed by atoms with van der Waals surface area (Å²) in [6.45, 7) is 9.43. The Labute approximate surface area is 121 Å². The Balaban J connectivity index is 1.85. The van der Waals surface area contributed by atoms with Crippen molar-refractivity contribution < 1.29 is 9.84 Å². The van der Waals surface area contributed by atoms with Crippen molar-refractivity contribution in [3.8, 4) is 0 Å². The van der Waals surface area contributed by atoms with E-state index >= 15 is 0 Å². The Kier molecular flexibility index (Phi) is 5.57. The standard InChI is InChI=1S/C15H27N3O2/c1-4-5-15-16-6-7-18(15)11-14(19)10-17-8-12(2)20-13(3)9-17/h6-7,12-14,19H,4-5,8-11H2,1-3H3/t12-,13-,14-/m1/s1. The summed E-state index contributed by atoms with van der Waals surface area (Å²) in [5, 5.41) is 10.3. The Hall–Kier alpha value is -0.910. The molecule has 1 saturated heterocycles. The van der Waals surface area contributed by atoms with Crippen LogP contribution in [-0.4, -0.2) is 57.5 Å². The summed E-state index contributed by atoms with van der Waals surface area (Å²) in [5.41, 5.74) is 0. The highest BCUT2D eigenvalue weighted by molar-refractivity contribution is 4.93. The molecular formula is C15H27N3O2. The highest BCUT2D eigenvalue weighted by Gasteiger charge is 2.24. The molecule has 1 aliphatic rings. The van der Waals surface area contributed by atoms with E-state index in [0.29, 0.717) is 13.1 Å². The molecular weight excluding hydrogens is 254 g/mol. The minimum Gasteiger partial charge on any atom is -0.390 e. The molecule has 0 amide bonds. The Morgan fingerprint density at radius 2 is 2.05 bits per heavy atom. The van der Waals surface area contributed by atoms with Crippen LogP contribution >= 0.6 is 0 Å². The molecule has 1 aromatic heterocycles. The van der Waals surface area contributed by atoms with Crippen LogP contribution in [0.1, 0.15) is 33.0 Å². The molecule has 3 atom stereocenters. The summed E-state index contributed by atoms with van der Waals surface area (Å²) in [6, 6.07) is 0. The molecule has 0 aliphatic carbocycles. The number of hydrogen-bond acceptors (Lipinski definition) is 4. The highest BCUT2D eigenvalue weighted by atomic mass is 16.5. The molecule has 1 aliphatic heterocycles. The van der Waals surface area contributed by atoms with E-state index in [-0.39, 0.29) is 18.3 Å². The summed E-state index contributed by atoms with van der Waals surface area (Å²) in [6.07, 6.45) is 5.94. The molecule has 2 rings (SSSR count). The Morgan fingerprint density at radius 1 is 1.35 bits per heavy atom. The first-order valence-corrected chi connectivity index (χ1v) is 7.64. The van der Waals surface area contributed by atoms with Gasteiger partial charge in [-0.3, -0.25) is 4.90 Å². The van der Waals surface area contributed by atoms with Gasteiger partial charge in [0.1, 0.15) is 5.82 Å². The van der Waals surface area contributed by atoms with Gasteiger partial charge in [0, 0.05) is 38.4 Å². The summed E-state index contributed by atoms with van der Waals surface area (Å²) in [5.74, 6) is 1.07. The predicted molar refractivity (Wildman–Crippen MR) is 78.7 cm³/mol. The lowest BCUT2D eigenvalue weighted by Gasteiger charge is -2.36. The molecule has 5 nitrogen and oxygen atoms in total. The van der Waals surface area contributed by atoms with E-state index in [1.165, 1.54) is 0 Å². The normalized spacial score (nSPS) is 25.8. The zero-order valence-electron chi connectivity index (χ0n) is 12.8. The second-order valence-corrected chi connectivity index (χ2v) is 5.88. The molecule has 1 fully saturated rings.